The van der Waals surface area contributed by atoms with E-state index in [2.05, 4.69) is 248 Å². The van der Waals surface area contributed by atoms with Crippen molar-refractivity contribution in [1.29, 1.82) is 0 Å². The molecular formula is C62H43NOSi. The topological polar surface area (TPSA) is 16.4 Å². The van der Waals surface area contributed by atoms with Crippen LogP contribution in [-0.4, -0.2) is 8.07 Å². The Hall–Kier alpha value is -7.98. The third-order valence-corrected chi connectivity index (χ3v) is 19.3. The molecule has 0 fully saturated rings. The number of benzene rings is 10. The second kappa shape index (κ2) is 14.5. The van der Waals surface area contributed by atoms with E-state index in [0.717, 1.165) is 39.0 Å². The molecule has 0 N–H and O–H groups in total. The van der Waals surface area contributed by atoms with Gasteiger partial charge in [0.2, 0.25) is 0 Å². The molecule has 11 aromatic rings. The summed E-state index contributed by atoms with van der Waals surface area (Å²) < 4.78 is 6.42. The number of hydrogen-bond acceptors (Lipinski definition) is 2. The Bertz CT molecular complexity index is 3630. The average Bonchev–Trinajstić information content (AvgIpc) is 3.99. The number of rotatable bonds is 7. The second-order valence-electron chi connectivity index (χ2n) is 17.7. The lowest BCUT2D eigenvalue weighted by Crippen LogP contribution is -2.72. The van der Waals surface area contributed by atoms with Crippen molar-refractivity contribution < 1.29 is 4.42 Å². The first-order chi connectivity index (χ1) is 32.1. The van der Waals surface area contributed by atoms with Crippen LogP contribution in [-0.2, 0) is 5.41 Å². The summed E-state index contributed by atoms with van der Waals surface area (Å²) in [6.45, 7) is 2.40. The highest BCUT2D eigenvalue weighted by Gasteiger charge is 2.49. The van der Waals surface area contributed by atoms with Gasteiger partial charge in [-0.1, -0.05) is 194 Å². The smallest absolute Gasteiger partial charge is 0.180 e. The summed E-state index contributed by atoms with van der Waals surface area (Å²) in [5.41, 5.74) is 16.4. The molecule has 2 unspecified atom stereocenters. The molecule has 0 saturated carbocycles. The van der Waals surface area contributed by atoms with Gasteiger partial charge >= 0.3 is 0 Å². The Morgan fingerprint density at radius 1 is 0.369 bits per heavy atom. The third-order valence-electron chi connectivity index (χ3n) is 14.4. The van der Waals surface area contributed by atoms with Crippen molar-refractivity contribution in [3.63, 3.8) is 0 Å². The Balaban J connectivity index is 1.07. The van der Waals surface area contributed by atoms with Crippen molar-refractivity contribution in [2.45, 2.75) is 12.3 Å². The molecule has 2 atom stereocenters. The largest absolute Gasteiger partial charge is 0.456 e. The Labute approximate surface area is 380 Å². The summed E-state index contributed by atoms with van der Waals surface area (Å²) >= 11 is 0. The summed E-state index contributed by atoms with van der Waals surface area (Å²) in [5.74, 6) is 0. The number of para-hydroxylation sites is 1. The first-order valence-electron chi connectivity index (χ1n) is 22.6. The molecule has 1 aromatic heterocycles. The van der Waals surface area contributed by atoms with Crippen LogP contribution < -0.4 is 25.6 Å². The normalized spacial score (nSPS) is 16.8. The van der Waals surface area contributed by atoms with Crippen molar-refractivity contribution in [2.24, 2.45) is 0 Å². The maximum absolute atomic E-state index is 6.42. The molecule has 306 valence electrons. The van der Waals surface area contributed by atoms with E-state index in [1.165, 1.54) is 70.8 Å². The standard InChI is InChI=1S/C62H43NOSi/c1-62(44-20-7-3-8-21-44)56-29-14-11-26-50(56)51-36-33-47(41-57(51)62)63(46-34-37-59-55(40-46)52-27-12-15-30-58(52)64-59)45-22-17-25-49(39-45)65(48-23-9-4-10-24-48)60-31-16-13-28-53(60)54-35-32-43(38-61(54)65)42-18-5-2-6-19-42/h2-41H,1H3. The molecule has 13 rings (SSSR count). The highest BCUT2D eigenvalue weighted by Crippen LogP contribution is 2.54. The van der Waals surface area contributed by atoms with Crippen molar-refractivity contribution in [3.05, 3.63) is 259 Å². The lowest BCUT2D eigenvalue weighted by Gasteiger charge is -2.34. The number of fused-ring (bicyclic) bond motifs is 9. The fourth-order valence-corrected chi connectivity index (χ4v) is 16.7. The molecule has 2 heterocycles. The zero-order chi connectivity index (χ0) is 43.1. The first-order valence-corrected chi connectivity index (χ1v) is 24.6. The summed E-state index contributed by atoms with van der Waals surface area (Å²) in [6.07, 6.45) is 0. The number of nitrogens with zero attached hydrogens (tertiary/aromatic N) is 1. The Morgan fingerprint density at radius 3 is 1.82 bits per heavy atom. The zero-order valence-electron chi connectivity index (χ0n) is 35.9. The average molecular weight is 846 g/mol. The predicted octanol–water partition coefficient (Wildman–Crippen LogP) is 13.4. The van der Waals surface area contributed by atoms with E-state index >= 15 is 0 Å². The Morgan fingerprint density at radius 2 is 0.969 bits per heavy atom. The summed E-state index contributed by atoms with van der Waals surface area (Å²) in [7, 11) is -2.91. The van der Waals surface area contributed by atoms with E-state index in [-0.39, 0.29) is 5.41 Å². The van der Waals surface area contributed by atoms with Gasteiger partial charge in [0.25, 0.3) is 0 Å². The van der Waals surface area contributed by atoms with Gasteiger partial charge in [0.05, 0.1) is 0 Å². The molecule has 2 nitrogen and oxygen atoms in total. The second-order valence-corrected chi connectivity index (χ2v) is 21.5. The van der Waals surface area contributed by atoms with Gasteiger partial charge in [-0.15, -0.1) is 0 Å². The van der Waals surface area contributed by atoms with Gasteiger partial charge in [-0.3, -0.25) is 0 Å². The first kappa shape index (κ1) is 37.6. The number of hydrogen-bond donors (Lipinski definition) is 0. The van der Waals surface area contributed by atoms with Crippen LogP contribution in [0.5, 0.6) is 0 Å². The van der Waals surface area contributed by atoms with Crippen molar-refractivity contribution in [1.82, 2.24) is 0 Å². The van der Waals surface area contributed by atoms with Crippen LogP contribution in [0.25, 0.3) is 55.3 Å². The SMILES string of the molecule is CC1(c2ccccc2)c2ccccc2-c2ccc(N(c3cccc([Si]4(c5ccccc5)c5ccccc5-c5ccc(-c6ccccc6)cc54)c3)c3ccc4oc5ccccc5c4c3)cc21. The van der Waals surface area contributed by atoms with Gasteiger partial charge in [0.1, 0.15) is 11.2 Å². The van der Waals surface area contributed by atoms with Crippen LogP contribution >= 0.6 is 0 Å². The van der Waals surface area contributed by atoms with Gasteiger partial charge in [0, 0.05) is 33.2 Å². The van der Waals surface area contributed by atoms with Gasteiger partial charge in [-0.2, -0.15) is 0 Å². The van der Waals surface area contributed by atoms with E-state index in [9.17, 15) is 0 Å². The van der Waals surface area contributed by atoms with Crippen LogP contribution in [0, 0.1) is 0 Å². The van der Waals surface area contributed by atoms with E-state index in [0.29, 0.717) is 0 Å². The minimum Gasteiger partial charge on any atom is -0.456 e. The van der Waals surface area contributed by atoms with Crippen LogP contribution in [0.4, 0.5) is 17.1 Å². The summed E-state index contributed by atoms with van der Waals surface area (Å²) in [5, 5.41) is 7.79. The third kappa shape index (κ3) is 5.52. The van der Waals surface area contributed by atoms with E-state index in [4.69, 9.17) is 4.42 Å². The monoisotopic (exact) mass is 845 g/mol. The van der Waals surface area contributed by atoms with Gasteiger partial charge < -0.3 is 9.32 Å². The van der Waals surface area contributed by atoms with Crippen LogP contribution in [0.2, 0.25) is 0 Å². The highest BCUT2D eigenvalue weighted by molar-refractivity contribution is 7.22. The Kier molecular flexibility index (Phi) is 8.40. The fraction of sp³-hybridized carbons (Fsp3) is 0.0323. The van der Waals surface area contributed by atoms with Crippen LogP contribution in [0.15, 0.2) is 247 Å². The molecular weight excluding hydrogens is 803 g/mol. The van der Waals surface area contributed by atoms with E-state index in [1.54, 1.807) is 0 Å². The van der Waals surface area contributed by atoms with E-state index < -0.39 is 8.07 Å². The molecule has 10 aromatic carbocycles. The lowest BCUT2D eigenvalue weighted by molar-refractivity contribution is 0.669. The molecule has 3 heteroatoms. The predicted molar refractivity (Wildman–Crippen MR) is 274 cm³/mol. The maximum Gasteiger partial charge on any atom is 0.180 e. The minimum atomic E-state index is -2.91. The number of anilines is 3. The van der Waals surface area contributed by atoms with Crippen LogP contribution in [0.1, 0.15) is 23.6 Å². The highest BCUT2D eigenvalue weighted by atomic mass is 28.3. The minimum absolute atomic E-state index is 0.348. The summed E-state index contributed by atoms with van der Waals surface area (Å²) in [6, 6.07) is 90.2. The van der Waals surface area contributed by atoms with Gasteiger partial charge in [0.15, 0.2) is 8.07 Å². The van der Waals surface area contributed by atoms with Crippen molar-refractivity contribution in [3.8, 4) is 33.4 Å². The molecule has 1 aliphatic heterocycles. The number of furan rings is 1. The molecule has 0 saturated heterocycles. The van der Waals surface area contributed by atoms with Crippen LogP contribution in [0.3, 0.4) is 0 Å². The van der Waals surface area contributed by atoms with Crippen molar-refractivity contribution in [2.75, 3.05) is 4.90 Å². The molecule has 0 radical (unpaired) electrons. The zero-order valence-corrected chi connectivity index (χ0v) is 36.9. The molecule has 0 amide bonds. The van der Waals surface area contributed by atoms with Gasteiger partial charge in [-0.25, -0.2) is 0 Å². The lowest BCUT2D eigenvalue weighted by atomic mass is 9.74. The molecule has 0 spiro atoms. The van der Waals surface area contributed by atoms with Gasteiger partial charge in [-0.05, 0) is 126 Å². The quantitative estimate of drug-likeness (QED) is 0.149. The molecule has 65 heavy (non-hydrogen) atoms. The molecule has 1 aliphatic carbocycles. The molecule has 0 bridgehead atoms. The molecule has 2 aliphatic rings. The maximum atomic E-state index is 6.42. The summed E-state index contributed by atoms with van der Waals surface area (Å²) in [4.78, 5) is 2.48. The fourth-order valence-electron chi connectivity index (χ4n) is 11.4. The van der Waals surface area contributed by atoms with Crippen molar-refractivity contribution >= 4 is 67.8 Å². The van der Waals surface area contributed by atoms with E-state index in [1.807, 2.05) is 6.07 Å².